The summed E-state index contributed by atoms with van der Waals surface area (Å²) < 4.78 is 13.1. The van der Waals surface area contributed by atoms with Crippen molar-refractivity contribution in [1.29, 1.82) is 0 Å². The average Bonchev–Trinajstić information content (AvgIpc) is 2.81. The maximum Gasteiger partial charge on any atom is 0.328 e. The van der Waals surface area contributed by atoms with E-state index < -0.39 is 16.9 Å². The fraction of sp³-hybridized carbons (Fsp3) is 0.421. The Morgan fingerprint density at radius 2 is 1.93 bits per heavy atom. The molecule has 1 amide bonds. The number of benzene rings is 1. The van der Waals surface area contributed by atoms with Gasteiger partial charge in [0, 0.05) is 37.2 Å². The van der Waals surface area contributed by atoms with Gasteiger partial charge in [0.1, 0.15) is 17.9 Å². The van der Waals surface area contributed by atoms with Crippen molar-refractivity contribution in [2.24, 2.45) is 0 Å². The lowest BCUT2D eigenvalue weighted by Gasteiger charge is -2.38. The van der Waals surface area contributed by atoms with E-state index in [-0.39, 0.29) is 12.5 Å². The average molecular weight is 371 g/mol. The summed E-state index contributed by atoms with van der Waals surface area (Å²) in [7, 11) is 0. The number of fused-ring (bicyclic) bond motifs is 1. The van der Waals surface area contributed by atoms with Crippen molar-refractivity contribution >= 4 is 5.91 Å². The summed E-state index contributed by atoms with van der Waals surface area (Å²) in [6.07, 6.45) is 2.74. The molecule has 1 saturated heterocycles. The number of nitrogens with zero attached hydrogens (tertiary/aromatic N) is 2. The SMILES string of the molecule is O=C(Cn1ccc(=O)[nH]c1=O)N1Cc2ccccc2OC2(CCOCC2)C1. The molecule has 8 nitrogen and oxygen atoms in total. The Kier molecular flexibility index (Phi) is 4.57. The quantitative estimate of drug-likeness (QED) is 0.830. The second kappa shape index (κ2) is 7.03. The molecule has 3 heterocycles. The molecule has 0 aliphatic carbocycles. The van der Waals surface area contributed by atoms with Gasteiger partial charge in [-0.05, 0) is 6.07 Å². The highest BCUT2D eigenvalue weighted by Gasteiger charge is 2.40. The van der Waals surface area contributed by atoms with E-state index in [1.807, 2.05) is 24.3 Å². The number of H-pyrrole nitrogens is 1. The number of amides is 1. The molecule has 0 unspecified atom stereocenters. The Bertz CT molecular complexity index is 958. The van der Waals surface area contributed by atoms with Crippen LogP contribution < -0.4 is 16.0 Å². The number of ether oxygens (including phenoxy) is 2. The lowest BCUT2D eigenvalue weighted by atomic mass is 9.93. The van der Waals surface area contributed by atoms with Crippen molar-refractivity contribution < 1.29 is 14.3 Å². The standard InChI is InChI=1S/C19H21N3O5/c23-16-5-8-21(18(25)20-16)12-17(24)22-11-14-3-1-2-4-15(14)27-19(13-22)6-9-26-10-7-19/h1-5,8H,6-7,9-13H2,(H,20,23,25). The minimum Gasteiger partial charge on any atom is -0.485 e. The zero-order valence-electron chi connectivity index (χ0n) is 14.8. The normalized spacial score (nSPS) is 18.4. The molecule has 2 aliphatic heterocycles. The Morgan fingerprint density at radius 3 is 2.70 bits per heavy atom. The highest BCUT2D eigenvalue weighted by Crippen LogP contribution is 2.35. The van der Waals surface area contributed by atoms with E-state index in [2.05, 4.69) is 4.98 Å². The second-order valence-electron chi connectivity index (χ2n) is 6.99. The number of hydrogen-bond acceptors (Lipinski definition) is 5. The highest BCUT2D eigenvalue weighted by atomic mass is 16.5. The molecule has 1 fully saturated rings. The van der Waals surface area contributed by atoms with Gasteiger partial charge in [-0.2, -0.15) is 0 Å². The van der Waals surface area contributed by atoms with Crippen LogP contribution in [0.3, 0.4) is 0 Å². The summed E-state index contributed by atoms with van der Waals surface area (Å²) in [4.78, 5) is 40.0. The van der Waals surface area contributed by atoms with Crippen molar-refractivity contribution in [3.63, 3.8) is 0 Å². The van der Waals surface area contributed by atoms with E-state index >= 15 is 0 Å². The summed E-state index contributed by atoms with van der Waals surface area (Å²) in [5.74, 6) is 0.589. The topological polar surface area (TPSA) is 93.6 Å². The number of rotatable bonds is 2. The molecule has 0 atom stereocenters. The summed E-state index contributed by atoms with van der Waals surface area (Å²) in [6.45, 7) is 1.88. The Balaban J connectivity index is 1.63. The summed E-state index contributed by atoms with van der Waals surface area (Å²) in [5.41, 5.74) is -0.635. The summed E-state index contributed by atoms with van der Waals surface area (Å²) in [6, 6.07) is 8.94. The third kappa shape index (κ3) is 3.66. The van der Waals surface area contributed by atoms with Crippen LogP contribution in [0, 0.1) is 0 Å². The minimum absolute atomic E-state index is 0.135. The van der Waals surface area contributed by atoms with Gasteiger partial charge < -0.3 is 14.4 Å². The van der Waals surface area contributed by atoms with Crippen LogP contribution in [0.1, 0.15) is 18.4 Å². The zero-order chi connectivity index (χ0) is 18.9. The Hall–Kier alpha value is -2.87. The molecule has 1 aromatic heterocycles. The molecule has 0 radical (unpaired) electrons. The largest absolute Gasteiger partial charge is 0.485 e. The molecule has 8 heteroatoms. The Morgan fingerprint density at radius 1 is 1.15 bits per heavy atom. The number of hydrogen-bond donors (Lipinski definition) is 1. The fourth-order valence-corrected chi connectivity index (χ4v) is 3.60. The maximum atomic E-state index is 13.0. The molecular weight excluding hydrogens is 350 g/mol. The van der Waals surface area contributed by atoms with Crippen molar-refractivity contribution in [2.45, 2.75) is 31.5 Å². The lowest BCUT2D eigenvalue weighted by molar-refractivity contribution is -0.137. The van der Waals surface area contributed by atoms with Crippen molar-refractivity contribution in [2.75, 3.05) is 19.8 Å². The predicted molar refractivity (Wildman–Crippen MR) is 96.6 cm³/mol. The van der Waals surface area contributed by atoms with Gasteiger partial charge in [-0.1, -0.05) is 18.2 Å². The number of aromatic amines is 1. The number of carbonyl (C=O) groups excluding carboxylic acids is 1. The van der Waals surface area contributed by atoms with Crippen LogP contribution in [-0.2, 0) is 22.6 Å². The molecule has 2 aromatic rings. The number of para-hydroxylation sites is 1. The van der Waals surface area contributed by atoms with Gasteiger partial charge >= 0.3 is 5.69 Å². The van der Waals surface area contributed by atoms with Crippen LogP contribution >= 0.6 is 0 Å². The van der Waals surface area contributed by atoms with Crippen LogP contribution in [0.2, 0.25) is 0 Å². The summed E-state index contributed by atoms with van der Waals surface area (Å²) in [5, 5.41) is 0. The van der Waals surface area contributed by atoms with Gasteiger partial charge in [0.05, 0.1) is 19.8 Å². The van der Waals surface area contributed by atoms with Gasteiger partial charge in [0.25, 0.3) is 5.56 Å². The third-order valence-corrected chi connectivity index (χ3v) is 5.10. The molecule has 4 rings (SSSR count). The number of carbonyl (C=O) groups is 1. The molecule has 0 saturated carbocycles. The Labute approximate surface area is 155 Å². The van der Waals surface area contributed by atoms with Crippen LogP contribution in [0.15, 0.2) is 46.1 Å². The maximum absolute atomic E-state index is 13.0. The van der Waals surface area contributed by atoms with Crippen LogP contribution in [0.25, 0.3) is 0 Å². The first-order valence-corrected chi connectivity index (χ1v) is 8.97. The number of aromatic nitrogens is 2. The minimum atomic E-state index is -0.594. The van der Waals surface area contributed by atoms with Gasteiger partial charge in [0.2, 0.25) is 5.91 Å². The van der Waals surface area contributed by atoms with E-state index in [1.165, 1.54) is 16.8 Å². The van der Waals surface area contributed by atoms with E-state index in [1.54, 1.807) is 4.90 Å². The molecule has 1 aromatic carbocycles. The second-order valence-corrected chi connectivity index (χ2v) is 6.99. The molecule has 2 aliphatic rings. The van der Waals surface area contributed by atoms with Gasteiger partial charge in [-0.15, -0.1) is 0 Å². The van der Waals surface area contributed by atoms with Crippen LogP contribution in [0.5, 0.6) is 5.75 Å². The molecule has 142 valence electrons. The fourth-order valence-electron chi connectivity index (χ4n) is 3.60. The highest BCUT2D eigenvalue weighted by molar-refractivity contribution is 5.76. The van der Waals surface area contributed by atoms with Crippen molar-refractivity contribution in [3.05, 3.63) is 62.9 Å². The smallest absolute Gasteiger partial charge is 0.328 e. The van der Waals surface area contributed by atoms with E-state index in [4.69, 9.17) is 9.47 Å². The van der Waals surface area contributed by atoms with E-state index in [9.17, 15) is 14.4 Å². The lowest BCUT2D eigenvalue weighted by Crippen LogP contribution is -2.51. The molecule has 1 N–H and O–H groups in total. The van der Waals surface area contributed by atoms with E-state index in [0.717, 1.165) is 11.3 Å². The summed E-state index contributed by atoms with van der Waals surface area (Å²) >= 11 is 0. The van der Waals surface area contributed by atoms with Gasteiger partial charge in [-0.25, -0.2) is 4.79 Å². The van der Waals surface area contributed by atoms with E-state index in [0.29, 0.717) is 39.1 Å². The predicted octanol–water partition coefficient (Wildman–Crippen LogP) is 0.507. The molecule has 27 heavy (non-hydrogen) atoms. The monoisotopic (exact) mass is 371 g/mol. The first kappa shape index (κ1) is 17.5. The zero-order valence-corrected chi connectivity index (χ0v) is 14.8. The van der Waals surface area contributed by atoms with Crippen LogP contribution in [-0.4, -0.2) is 45.7 Å². The van der Waals surface area contributed by atoms with Crippen molar-refractivity contribution in [1.82, 2.24) is 14.5 Å². The van der Waals surface area contributed by atoms with Gasteiger partial charge in [-0.3, -0.25) is 19.1 Å². The first-order chi connectivity index (χ1) is 13.0. The third-order valence-electron chi connectivity index (χ3n) is 5.10. The number of nitrogens with one attached hydrogen (secondary N) is 1. The molecule has 1 spiro atoms. The molecular formula is C19H21N3O5. The first-order valence-electron chi connectivity index (χ1n) is 8.97. The molecule has 0 bridgehead atoms. The van der Waals surface area contributed by atoms with Crippen molar-refractivity contribution in [3.8, 4) is 5.75 Å². The van der Waals surface area contributed by atoms with Crippen LogP contribution in [0.4, 0.5) is 0 Å². The van der Waals surface area contributed by atoms with Gasteiger partial charge in [0.15, 0.2) is 0 Å².